The lowest BCUT2D eigenvalue weighted by atomic mass is 10.0. The molecule has 3 heteroatoms. The van der Waals surface area contributed by atoms with Gasteiger partial charge >= 0.3 is 0 Å². The van der Waals surface area contributed by atoms with Gasteiger partial charge in [0.2, 0.25) is 5.22 Å². The molecule has 0 saturated heterocycles. The van der Waals surface area contributed by atoms with Gasteiger partial charge in [0.15, 0.2) is 5.78 Å². The summed E-state index contributed by atoms with van der Waals surface area (Å²) in [6.07, 6.45) is 1.77. The number of rotatable bonds is 3. The molecule has 0 N–H and O–H groups in total. The lowest BCUT2D eigenvalue weighted by Gasteiger charge is -2.04. The third-order valence-electron chi connectivity index (χ3n) is 2.85. The summed E-state index contributed by atoms with van der Waals surface area (Å²) >= 11 is 5.77. The van der Waals surface area contributed by atoms with Gasteiger partial charge in [-0.15, -0.1) is 0 Å². The average molecular weight is 249 g/mol. The minimum Gasteiger partial charge on any atom is -0.452 e. The topological polar surface area (TPSA) is 30.2 Å². The van der Waals surface area contributed by atoms with Crippen molar-refractivity contribution in [2.24, 2.45) is 0 Å². The van der Waals surface area contributed by atoms with Crippen molar-refractivity contribution < 1.29 is 9.21 Å². The minimum absolute atomic E-state index is 0.0213. The number of carbonyl (C=O) groups excluding carboxylic acids is 1. The minimum atomic E-state index is -0.0213. The molecule has 88 valence electrons. The summed E-state index contributed by atoms with van der Waals surface area (Å²) in [4.78, 5) is 11.9. The fourth-order valence-corrected chi connectivity index (χ4v) is 1.91. The fourth-order valence-electron chi connectivity index (χ4n) is 1.69. The van der Waals surface area contributed by atoms with Crippen LogP contribution in [0.2, 0.25) is 5.22 Å². The van der Waals surface area contributed by atoms with Crippen molar-refractivity contribution in [2.75, 3.05) is 0 Å². The maximum absolute atomic E-state index is 11.9. The van der Waals surface area contributed by atoms with Crippen LogP contribution in [0, 0.1) is 13.8 Å². The lowest BCUT2D eigenvalue weighted by Crippen LogP contribution is -2.03. The van der Waals surface area contributed by atoms with Gasteiger partial charge in [0.1, 0.15) is 0 Å². The van der Waals surface area contributed by atoms with Gasteiger partial charge in [-0.3, -0.25) is 4.79 Å². The molecule has 0 saturated carbocycles. The van der Waals surface area contributed by atoms with E-state index in [-0.39, 0.29) is 11.0 Å². The van der Waals surface area contributed by atoms with E-state index in [2.05, 4.69) is 0 Å². The van der Waals surface area contributed by atoms with Gasteiger partial charge in [0.05, 0.1) is 11.8 Å². The van der Waals surface area contributed by atoms with Crippen molar-refractivity contribution in [2.45, 2.75) is 20.3 Å². The van der Waals surface area contributed by atoms with Crippen molar-refractivity contribution in [3.63, 3.8) is 0 Å². The van der Waals surface area contributed by atoms with Gasteiger partial charge in [0, 0.05) is 6.42 Å². The predicted octanol–water partition coefficient (Wildman–Crippen LogP) is 3.98. The Kier molecular flexibility index (Phi) is 3.34. The van der Waals surface area contributed by atoms with Crippen molar-refractivity contribution in [3.05, 3.63) is 58.0 Å². The summed E-state index contributed by atoms with van der Waals surface area (Å²) in [7, 11) is 0. The smallest absolute Gasteiger partial charge is 0.203 e. The van der Waals surface area contributed by atoms with E-state index < -0.39 is 0 Å². The van der Waals surface area contributed by atoms with Crippen LogP contribution in [0.5, 0.6) is 0 Å². The number of hydrogen-bond acceptors (Lipinski definition) is 2. The average Bonchev–Trinajstić information content (AvgIpc) is 2.70. The number of furan rings is 1. The quantitative estimate of drug-likeness (QED) is 0.770. The first-order valence-corrected chi connectivity index (χ1v) is 5.78. The Bertz CT molecular complexity index is 555. The normalized spacial score (nSPS) is 10.5. The van der Waals surface area contributed by atoms with Crippen LogP contribution in [0.3, 0.4) is 0 Å². The number of benzene rings is 1. The van der Waals surface area contributed by atoms with Crippen molar-refractivity contribution >= 4 is 17.4 Å². The summed E-state index contributed by atoms with van der Waals surface area (Å²) in [5, 5.41) is 0.166. The second-order valence-electron chi connectivity index (χ2n) is 4.13. The molecule has 1 aromatic heterocycles. The molecular formula is C14H13ClO2. The van der Waals surface area contributed by atoms with Crippen molar-refractivity contribution in [1.29, 1.82) is 0 Å². The van der Waals surface area contributed by atoms with Crippen LogP contribution in [0.25, 0.3) is 0 Å². The highest BCUT2D eigenvalue weighted by Crippen LogP contribution is 2.19. The lowest BCUT2D eigenvalue weighted by molar-refractivity contribution is 0.0992. The number of ketones is 1. The van der Waals surface area contributed by atoms with Crippen LogP contribution in [-0.2, 0) is 6.42 Å². The number of aryl methyl sites for hydroxylation is 2. The molecule has 0 fully saturated rings. The molecule has 0 atom stereocenters. The van der Waals surface area contributed by atoms with Crippen LogP contribution in [-0.4, -0.2) is 5.78 Å². The first-order chi connectivity index (χ1) is 8.08. The van der Waals surface area contributed by atoms with Crippen LogP contribution in [0.4, 0.5) is 0 Å². The molecule has 0 aliphatic carbocycles. The highest BCUT2D eigenvalue weighted by Gasteiger charge is 2.13. The van der Waals surface area contributed by atoms with Crippen LogP contribution in [0.1, 0.15) is 27.0 Å². The second-order valence-corrected chi connectivity index (χ2v) is 4.47. The first-order valence-electron chi connectivity index (χ1n) is 5.40. The Balaban J connectivity index is 2.19. The molecule has 0 bridgehead atoms. The van der Waals surface area contributed by atoms with E-state index in [1.165, 1.54) is 17.4 Å². The van der Waals surface area contributed by atoms with Gasteiger partial charge in [-0.05, 0) is 48.2 Å². The molecule has 1 heterocycles. The zero-order chi connectivity index (χ0) is 12.4. The van der Waals surface area contributed by atoms with Gasteiger partial charge in [-0.1, -0.05) is 18.2 Å². The SMILES string of the molecule is Cc1ccc(CC(=O)c2ccoc2Cl)cc1C. The number of Topliss-reactive ketones (excluding diaryl/α,β-unsaturated/α-hetero) is 1. The second kappa shape index (κ2) is 4.76. The highest BCUT2D eigenvalue weighted by molar-refractivity contribution is 6.32. The van der Waals surface area contributed by atoms with Gasteiger partial charge < -0.3 is 4.42 Å². The van der Waals surface area contributed by atoms with E-state index >= 15 is 0 Å². The summed E-state index contributed by atoms with van der Waals surface area (Å²) in [6, 6.07) is 7.62. The molecular weight excluding hydrogens is 236 g/mol. The maximum atomic E-state index is 11.9. The molecule has 0 aliphatic heterocycles. The Labute approximate surface area is 105 Å². The van der Waals surface area contributed by atoms with Gasteiger partial charge in [0.25, 0.3) is 0 Å². The summed E-state index contributed by atoms with van der Waals surface area (Å²) in [6.45, 7) is 4.09. The molecule has 1 aromatic carbocycles. The van der Waals surface area contributed by atoms with E-state index in [0.717, 1.165) is 5.56 Å². The van der Waals surface area contributed by atoms with Crippen LogP contribution < -0.4 is 0 Å². The molecule has 0 unspecified atom stereocenters. The number of hydrogen-bond donors (Lipinski definition) is 0. The Morgan fingerprint density at radius 3 is 2.59 bits per heavy atom. The Morgan fingerprint density at radius 1 is 1.24 bits per heavy atom. The van der Waals surface area contributed by atoms with Crippen LogP contribution >= 0.6 is 11.6 Å². The molecule has 0 radical (unpaired) electrons. The van der Waals surface area contributed by atoms with E-state index in [1.54, 1.807) is 6.07 Å². The summed E-state index contributed by atoms with van der Waals surface area (Å²) < 4.78 is 4.91. The van der Waals surface area contributed by atoms with Gasteiger partial charge in [-0.2, -0.15) is 0 Å². The molecule has 2 rings (SSSR count). The molecule has 0 aliphatic rings. The largest absolute Gasteiger partial charge is 0.452 e. The van der Waals surface area contributed by atoms with E-state index in [0.29, 0.717) is 12.0 Å². The van der Waals surface area contributed by atoms with Crippen molar-refractivity contribution in [1.82, 2.24) is 0 Å². The zero-order valence-electron chi connectivity index (χ0n) is 9.79. The third-order valence-corrected chi connectivity index (χ3v) is 3.15. The van der Waals surface area contributed by atoms with E-state index in [9.17, 15) is 4.79 Å². The highest BCUT2D eigenvalue weighted by atomic mass is 35.5. The first kappa shape index (κ1) is 11.9. The summed E-state index contributed by atoms with van der Waals surface area (Å²) in [5.41, 5.74) is 3.86. The van der Waals surface area contributed by atoms with Gasteiger partial charge in [-0.25, -0.2) is 0 Å². The van der Waals surface area contributed by atoms with Crippen molar-refractivity contribution in [3.8, 4) is 0 Å². The number of halogens is 1. The molecule has 2 aromatic rings. The molecule has 0 spiro atoms. The summed E-state index contributed by atoms with van der Waals surface area (Å²) in [5.74, 6) is -0.0213. The standard InChI is InChI=1S/C14H13ClO2/c1-9-3-4-11(7-10(9)2)8-13(16)12-5-6-17-14(12)15/h3-7H,8H2,1-2H3. The Hall–Kier alpha value is -1.54. The maximum Gasteiger partial charge on any atom is 0.203 e. The molecule has 0 amide bonds. The molecule has 2 nitrogen and oxygen atoms in total. The third kappa shape index (κ3) is 2.59. The molecule has 17 heavy (non-hydrogen) atoms. The number of carbonyl (C=O) groups is 1. The monoisotopic (exact) mass is 248 g/mol. The Morgan fingerprint density at radius 2 is 2.00 bits per heavy atom. The zero-order valence-corrected chi connectivity index (χ0v) is 10.5. The fraction of sp³-hybridized carbons (Fsp3) is 0.214. The predicted molar refractivity (Wildman–Crippen MR) is 67.7 cm³/mol. The van der Waals surface area contributed by atoms with E-state index in [1.807, 2.05) is 32.0 Å². The van der Waals surface area contributed by atoms with Crippen LogP contribution in [0.15, 0.2) is 34.9 Å². The van der Waals surface area contributed by atoms with E-state index in [4.69, 9.17) is 16.0 Å².